The number of esters is 1. The summed E-state index contributed by atoms with van der Waals surface area (Å²) in [7, 11) is 5.29. The molecule has 0 aromatic carbocycles. The van der Waals surface area contributed by atoms with E-state index in [9.17, 15) is 24.9 Å². The summed E-state index contributed by atoms with van der Waals surface area (Å²) in [6.45, 7) is 18.3. The van der Waals surface area contributed by atoms with Crippen molar-refractivity contribution in [1.82, 2.24) is 4.90 Å². The lowest BCUT2D eigenvalue weighted by Crippen LogP contribution is -2.60. The van der Waals surface area contributed by atoms with Gasteiger partial charge in [0.15, 0.2) is 12.6 Å². The van der Waals surface area contributed by atoms with Gasteiger partial charge in [-0.05, 0) is 80.3 Å². The molecular formula is C37H67NO11. The van der Waals surface area contributed by atoms with E-state index in [0.717, 1.165) is 0 Å². The Morgan fingerprint density at radius 3 is 2.12 bits per heavy atom. The van der Waals surface area contributed by atoms with Crippen LogP contribution in [0.25, 0.3) is 0 Å². The van der Waals surface area contributed by atoms with Crippen molar-refractivity contribution in [2.75, 3.05) is 21.2 Å². The van der Waals surface area contributed by atoms with E-state index in [2.05, 4.69) is 0 Å². The second kappa shape index (κ2) is 17.1. The largest absolute Gasteiger partial charge is 0.462 e. The Bertz CT molecular complexity index is 1090. The van der Waals surface area contributed by atoms with E-state index < -0.39 is 84.1 Å². The molecule has 0 radical (unpaired) electrons. The molecule has 286 valence electrons. The number of Topliss-reactive ketones (excluding diaryl/α,β-unsaturated/α-hetero) is 1. The second-order valence-electron chi connectivity index (χ2n) is 16.2. The zero-order valence-corrected chi connectivity index (χ0v) is 32.3. The van der Waals surface area contributed by atoms with Gasteiger partial charge < -0.3 is 48.6 Å². The number of cyclic esters (lactones) is 1. The summed E-state index contributed by atoms with van der Waals surface area (Å²) >= 11 is 0. The van der Waals surface area contributed by atoms with E-state index in [4.69, 9.17) is 28.4 Å². The van der Waals surface area contributed by atoms with Gasteiger partial charge in [0.25, 0.3) is 0 Å². The number of ether oxygens (including phenoxy) is 6. The third kappa shape index (κ3) is 9.81. The molecule has 0 aliphatic carbocycles. The Balaban J connectivity index is 2.13. The molecule has 3 aliphatic rings. The summed E-state index contributed by atoms with van der Waals surface area (Å²) in [5.74, 6) is -2.95. The van der Waals surface area contributed by atoms with Gasteiger partial charge in [-0.15, -0.1) is 0 Å². The molecule has 3 saturated heterocycles. The highest BCUT2D eigenvalue weighted by molar-refractivity contribution is 5.83. The normalized spacial score (nSPS) is 48.2. The highest BCUT2D eigenvalue weighted by Crippen LogP contribution is 2.40. The van der Waals surface area contributed by atoms with Gasteiger partial charge in [-0.3, -0.25) is 9.59 Å². The molecule has 3 N–H and O–H groups in total. The number of aliphatic hydroxyl groups is 3. The number of methoxy groups -OCH3 is 1. The lowest BCUT2D eigenvalue weighted by atomic mass is 9.75. The minimum atomic E-state index is -1.63. The quantitative estimate of drug-likeness (QED) is 0.332. The van der Waals surface area contributed by atoms with Crippen molar-refractivity contribution in [2.45, 2.75) is 174 Å². The summed E-state index contributed by atoms with van der Waals surface area (Å²) in [5, 5.41) is 34.7. The average Bonchev–Trinajstić information content (AvgIpc) is 3.02. The molecule has 1 unspecified atom stereocenters. The third-order valence-electron chi connectivity index (χ3n) is 11.5. The topological polar surface area (TPSA) is 153 Å². The Labute approximate surface area is 294 Å². The van der Waals surface area contributed by atoms with Gasteiger partial charge in [0.05, 0.1) is 41.5 Å². The van der Waals surface area contributed by atoms with Crippen LogP contribution in [-0.4, -0.2) is 126 Å². The predicted octanol–water partition coefficient (Wildman–Crippen LogP) is 3.70. The summed E-state index contributed by atoms with van der Waals surface area (Å²) in [6, 6.07) is -0.266. The molecule has 0 aromatic rings. The van der Waals surface area contributed by atoms with Crippen molar-refractivity contribution in [1.29, 1.82) is 0 Å². The van der Waals surface area contributed by atoms with Crippen LogP contribution in [0, 0.1) is 29.6 Å². The number of ketones is 1. The first kappa shape index (κ1) is 42.2. The second-order valence-corrected chi connectivity index (χ2v) is 16.2. The van der Waals surface area contributed by atoms with Gasteiger partial charge in [0.2, 0.25) is 0 Å². The van der Waals surface area contributed by atoms with Gasteiger partial charge in [-0.2, -0.15) is 0 Å². The molecule has 3 rings (SSSR count). The van der Waals surface area contributed by atoms with E-state index in [1.807, 2.05) is 60.5 Å². The standard InChI is InChI=1S/C37H67NO11/c1-14-27-19(2)15-20(3)29(39)21(4)17-36(9,43)33(49-35-30(40)26(38(11)12)16-22(5)45-35)23(6)31(24(7)34(42)47-27)48-28-18-37(10,44-13)32(41)25(8)46-28/h19-28,30-33,35,40-41,43H,14-18H2,1-13H3/t19-,20-,21-,22-,23+,24-,25+,26+,27?,28+,30-,31+,32+,33-,35+,36-,37-/m1/s1. The van der Waals surface area contributed by atoms with Crippen LogP contribution in [0.15, 0.2) is 0 Å². The molecule has 3 heterocycles. The van der Waals surface area contributed by atoms with Crippen molar-refractivity contribution < 1.29 is 53.3 Å². The molecule has 17 atom stereocenters. The first-order valence-electron chi connectivity index (χ1n) is 18.3. The Hall–Kier alpha value is -1.22. The molecule has 49 heavy (non-hydrogen) atoms. The van der Waals surface area contributed by atoms with Crippen LogP contribution in [0.1, 0.15) is 101 Å². The van der Waals surface area contributed by atoms with Gasteiger partial charge in [-0.1, -0.05) is 34.6 Å². The molecule has 0 amide bonds. The highest BCUT2D eigenvalue weighted by atomic mass is 16.7. The number of hydrogen-bond acceptors (Lipinski definition) is 12. The smallest absolute Gasteiger partial charge is 0.311 e. The van der Waals surface area contributed by atoms with Crippen molar-refractivity contribution in [3.8, 4) is 0 Å². The van der Waals surface area contributed by atoms with Gasteiger partial charge in [-0.25, -0.2) is 0 Å². The number of carbonyl (C=O) groups is 2. The maximum Gasteiger partial charge on any atom is 0.311 e. The Morgan fingerprint density at radius 2 is 1.55 bits per heavy atom. The van der Waals surface area contributed by atoms with Crippen LogP contribution < -0.4 is 0 Å². The van der Waals surface area contributed by atoms with E-state index >= 15 is 0 Å². The van der Waals surface area contributed by atoms with E-state index in [0.29, 0.717) is 19.3 Å². The van der Waals surface area contributed by atoms with Crippen molar-refractivity contribution in [3.05, 3.63) is 0 Å². The van der Waals surface area contributed by atoms with Crippen LogP contribution in [0.2, 0.25) is 0 Å². The third-order valence-corrected chi connectivity index (χ3v) is 11.5. The Kier molecular flexibility index (Phi) is 14.7. The number of carbonyl (C=O) groups excluding carboxylic acids is 2. The number of hydrogen-bond donors (Lipinski definition) is 3. The fourth-order valence-electron chi connectivity index (χ4n) is 8.42. The van der Waals surface area contributed by atoms with E-state index in [1.54, 1.807) is 27.7 Å². The molecule has 0 saturated carbocycles. The molecule has 0 bridgehead atoms. The lowest BCUT2D eigenvalue weighted by Gasteiger charge is -2.48. The van der Waals surface area contributed by atoms with Crippen LogP contribution >= 0.6 is 0 Å². The lowest BCUT2D eigenvalue weighted by molar-refractivity contribution is -0.317. The SMILES string of the molecule is CCC1OC(=O)[C@H](C)[C@@H](O[C@H]2C[C@@](C)(OC)[C@@H](O)[C@H](C)O2)[C@H](C)[C@@H](O[C@@H]2O[C@H](C)C[C@H](N(C)C)[C@H]2O)[C@](C)(O)C[C@@H](C)C(=O)[C@H](C)C[C@H]1C. The summed E-state index contributed by atoms with van der Waals surface area (Å²) < 4.78 is 37.5. The molecule has 0 aromatic heterocycles. The maximum absolute atomic E-state index is 14.0. The fraction of sp³-hybridized carbons (Fsp3) is 0.946. The number of nitrogens with zero attached hydrogens (tertiary/aromatic N) is 1. The number of rotatable bonds is 7. The molecule has 3 fully saturated rings. The first-order valence-corrected chi connectivity index (χ1v) is 18.3. The highest BCUT2D eigenvalue weighted by Gasteiger charge is 2.52. The Morgan fingerprint density at radius 1 is 0.918 bits per heavy atom. The zero-order valence-electron chi connectivity index (χ0n) is 32.3. The van der Waals surface area contributed by atoms with Gasteiger partial charge >= 0.3 is 5.97 Å². The van der Waals surface area contributed by atoms with Gasteiger partial charge in [0, 0.05) is 37.3 Å². The van der Waals surface area contributed by atoms with Crippen LogP contribution in [0.3, 0.4) is 0 Å². The van der Waals surface area contributed by atoms with E-state index in [1.165, 1.54) is 7.11 Å². The maximum atomic E-state index is 14.0. The number of likely N-dealkylation sites (N-methyl/N-ethyl adjacent to an activating group) is 1. The van der Waals surface area contributed by atoms with E-state index in [-0.39, 0.29) is 42.6 Å². The molecule has 0 spiro atoms. The summed E-state index contributed by atoms with van der Waals surface area (Å²) in [5.41, 5.74) is -2.61. The minimum absolute atomic E-state index is 0.00943. The van der Waals surface area contributed by atoms with Crippen molar-refractivity contribution in [3.63, 3.8) is 0 Å². The minimum Gasteiger partial charge on any atom is -0.462 e. The molecule has 3 aliphatic heterocycles. The summed E-state index contributed by atoms with van der Waals surface area (Å²) in [4.78, 5) is 29.7. The number of aliphatic hydroxyl groups excluding tert-OH is 2. The zero-order chi connectivity index (χ0) is 37.2. The van der Waals surface area contributed by atoms with Gasteiger partial charge in [0.1, 0.15) is 24.1 Å². The average molecular weight is 702 g/mol. The summed E-state index contributed by atoms with van der Waals surface area (Å²) in [6.07, 6.45) is -5.31. The molecular weight excluding hydrogens is 634 g/mol. The molecule has 12 heteroatoms. The van der Waals surface area contributed by atoms with Crippen LogP contribution in [0.5, 0.6) is 0 Å². The fourth-order valence-corrected chi connectivity index (χ4v) is 8.42. The monoisotopic (exact) mass is 701 g/mol. The van der Waals surface area contributed by atoms with Crippen LogP contribution in [-0.2, 0) is 38.0 Å². The van der Waals surface area contributed by atoms with Crippen molar-refractivity contribution in [2.24, 2.45) is 29.6 Å². The predicted molar refractivity (Wildman–Crippen MR) is 183 cm³/mol. The van der Waals surface area contributed by atoms with Crippen LogP contribution in [0.4, 0.5) is 0 Å². The molecule has 12 nitrogen and oxygen atoms in total. The van der Waals surface area contributed by atoms with Crippen molar-refractivity contribution >= 4 is 11.8 Å². The first-order chi connectivity index (χ1) is 22.7.